The number of hydrogen-bond acceptors (Lipinski definition) is 7. The Balaban J connectivity index is 1.72. The van der Waals surface area contributed by atoms with Crippen LogP contribution in [-0.4, -0.2) is 47.6 Å². The highest BCUT2D eigenvalue weighted by Crippen LogP contribution is 2.27. The van der Waals surface area contributed by atoms with Gasteiger partial charge < -0.3 is 4.74 Å². The molecule has 1 N–H and O–H groups in total. The van der Waals surface area contributed by atoms with Gasteiger partial charge in [-0.1, -0.05) is 0 Å². The lowest BCUT2D eigenvalue weighted by Gasteiger charge is -2.09. The zero-order chi connectivity index (χ0) is 18.1. The van der Waals surface area contributed by atoms with E-state index in [1.165, 1.54) is 17.8 Å². The number of alkyl halides is 1. The van der Waals surface area contributed by atoms with E-state index in [1.54, 1.807) is 6.92 Å². The second-order valence-electron chi connectivity index (χ2n) is 5.31. The summed E-state index contributed by atoms with van der Waals surface area (Å²) in [6.07, 6.45) is 0.0242. The molecule has 0 saturated heterocycles. The normalized spacial score (nSPS) is 12.5. The van der Waals surface area contributed by atoms with Gasteiger partial charge in [0.05, 0.1) is 22.5 Å². The van der Waals surface area contributed by atoms with Crippen molar-refractivity contribution < 1.29 is 14.1 Å². The predicted molar refractivity (Wildman–Crippen MR) is 85.4 cm³/mol. The molecule has 3 rings (SSSR count). The van der Waals surface area contributed by atoms with Crippen molar-refractivity contribution in [3.05, 3.63) is 33.0 Å². The summed E-state index contributed by atoms with van der Waals surface area (Å²) in [7, 11) is 0. The Labute approximate surface area is 145 Å². The molecule has 0 aliphatic rings. The summed E-state index contributed by atoms with van der Waals surface area (Å²) in [4.78, 5) is 18.2. The topological polar surface area (TPSA) is 125 Å². The van der Waals surface area contributed by atoms with Crippen LogP contribution in [0.15, 0.2) is 6.20 Å². The Hall–Kier alpha value is -2.82. The van der Waals surface area contributed by atoms with Crippen molar-refractivity contribution in [1.29, 1.82) is 0 Å². The number of hydrogen-bond donors (Lipinski definition) is 1. The number of aryl methyl sites for hydroxylation is 2. The zero-order valence-corrected chi connectivity index (χ0v) is 14.0. The number of ether oxygens (including phenoxy) is 1. The van der Waals surface area contributed by atoms with Gasteiger partial charge in [-0.15, -0.1) is 5.10 Å². The van der Waals surface area contributed by atoms with Gasteiger partial charge in [-0.05, 0) is 25.4 Å². The Bertz CT molecular complexity index is 941. The largest absolute Gasteiger partial charge is 0.469 e. The summed E-state index contributed by atoms with van der Waals surface area (Å²) in [6.45, 7) is 2.64. The zero-order valence-electron chi connectivity index (χ0n) is 13.2. The van der Waals surface area contributed by atoms with Gasteiger partial charge in [-0.2, -0.15) is 10.1 Å². The van der Waals surface area contributed by atoms with Crippen molar-refractivity contribution in [3.8, 4) is 5.88 Å². The number of halogens is 2. The van der Waals surface area contributed by atoms with E-state index in [2.05, 4.69) is 25.3 Å². The molecule has 25 heavy (non-hydrogen) atoms. The molecule has 0 amide bonds. The van der Waals surface area contributed by atoms with Crippen molar-refractivity contribution in [2.75, 3.05) is 6.61 Å². The van der Waals surface area contributed by atoms with E-state index in [0.717, 1.165) is 0 Å². The number of aromatic nitrogens is 6. The third-order valence-electron chi connectivity index (χ3n) is 3.48. The van der Waals surface area contributed by atoms with Crippen molar-refractivity contribution in [2.24, 2.45) is 0 Å². The first-order valence-corrected chi connectivity index (χ1v) is 7.56. The van der Waals surface area contributed by atoms with Gasteiger partial charge in [0.15, 0.2) is 11.8 Å². The van der Waals surface area contributed by atoms with E-state index in [9.17, 15) is 14.5 Å². The molecule has 0 spiro atoms. The van der Waals surface area contributed by atoms with Crippen LogP contribution in [0.4, 0.5) is 10.1 Å². The van der Waals surface area contributed by atoms with Crippen molar-refractivity contribution in [1.82, 2.24) is 29.9 Å². The average molecular weight is 370 g/mol. The van der Waals surface area contributed by atoms with E-state index >= 15 is 0 Å². The van der Waals surface area contributed by atoms with Crippen LogP contribution < -0.4 is 4.74 Å². The lowest BCUT2D eigenvalue weighted by molar-refractivity contribution is -0.386. The highest BCUT2D eigenvalue weighted by Gasteiger charge is 2.24. The highest BCUT2D eigenvalue weighted by molar-refractivity contribution is 6.28. The molecule has 0 aliphatic carbocycles. The second kappa shape index (κ2) is 6.59. The molecule has 3 aromatic rings. The van der Waals surface area contributed by atoms with E-state index in [1.807, 2.05) is 0 Å². The number of aromatic amines is 1. The third-order valence-corrected chi connectivity index (χ3v) is 3.66. The summed E-state index contributed by atoms with van der Waals surface area (Å²) in [6, 6.07) is 0. The average Bonchev–Trinajstić information content (AvgIpc) is 3.06. The first-order valence-electron chi connectivity index (χ1n) is 7.18. The fraction of sp³-hybridized carbons (Fsp3) is 0.385. The Kier molecular flexibility index (Phi) is 4.49. The van der Waals surface area contributed by atoms with E-state index in [4.69, 9.17) is 16.3 Å². The number of H-pyrrole nitrogens is 1. The van der Waals surface area contributed by atoms with Crippen molar-refractivity contribution in [3.63, 3.8) is 0 Å². The van der Waals surface area contributed by atoms with E-state index < -0.39 is 17.7 Å². The van der Waals surface area contributed by atoms with Crippen LogP contribution in [0.1, 0.15) is 11.4 Å². The fourth-order valence-electron chi connectivity index (χ4n) is 2.34. The van der Waals surface area contributed by atoms with Gasteiger partial charge in [0.25, 0.3) is 0 Å². The molecule has 0 radical (unpaired) electrons. The molecule has 3 heterocycles. The smallest absolute Gasteiger partial charge is 0.352 e. The van der Waals surface area contributed by atoms with Crippen LogP contribution in [0, 0.1) is 24.0 Å². The number of nitrogens with one attached hydrogen (secondary N) is 1. The van der Waals surface area contributed by atoms with Crippen LogP contribution in [0.3, 0.4) is 0 Å². The minimum atomic E-state index is -1.49. The maximum absolute atomic E-state index is 14.3. The minimum Gasteiger partial charge on any atom is -0.469 e. The summed E-state index contributed by atoms with van der Waals surface area (Å²) >= 11 is 5.77. The first-order chi connectivity index (χ1) is 11.9. The van der Waals surface area contributed by atoms with Crippen LogP contribution in [0.2, 0.25) is 5.28 Å². The van der Waals surface area contributed by atoms with Gasteiger partial charge in [0.2, 0.25) is 5.28 Å². The summed E-state index contributed by atoms with van der Waals surface area (Å²) in [5.74, 6) is -0.253. The van der Waals surface area contributed by atoms with Gasteiger partial charge >= 0.3 is 11.6 Å². The molecule has 1 unspecified atom stereocenters. The maximum atomic E-state index is 14.3. The van der Waals surface area contributed by atoms with Crippen LogP contribution >= 0.6 is 11.6 Å². The van der Waals surface area contributed by atoms with Gasteiger partial charge in [0, 0.05) is 6.20 Å². The molecule has 0 aromatic carbocycles. The SMILES string of the molecule is Cc1[nH]nc(OCC(F)Cn2nc(C)c3cnc(Cl)nc32)c1[N+](=O)[O-]. The molecule has 10 nitrogen and oxygen atoms in total. The van der Waals surface area contributed by atoms with Crippen LogP contribution in [0.5, 0.6) is 5.88 Å². The Morgan fingerprint density at radius 2 is 2.28 bits per heavy atom. The monoisotopic (exact) mass is 369 g/mol. The lowest BCUT2D eigenvalue weighted by Crippen LogP contribution is -2.21. The van der Waals surface area contributed by atoms with Gasteiger partial charge in [0.1, 0.15) is 12.3 Å². The van der Waals surface area contributed by atoms with Crippen LogP contribution in [-0.2, 0) is 6.54 Å². The molecule has 0 bridgehead atoms. The standard InChI is InChI=1S/C13H13ClFN7O3/c1-6-9-3-16-13(14)17-11(9)21(20-6)4-8(15)5-25-12-10(22(23)24)7(2)18-19-12/h3,8H,4-5H2,1-2H3,(H,18,19). The van der Waals surface area contributed by atoms with Gasteiger partial charge in [-0.3, -0.25) is 15.2 Å². The molecule has 0 saturated carbocycles. The lowest BCUT2D eigenvalue weighted by atomic mass is 10.3. The highest BCUT2D eigenvalue weighted by atomic mass is 35.5. The number of nitrogens with zero attached hydrogens (tertiary/aromatic N) is 6. The molecule has 0 aliphatic heterocycles. The van der Waals surface area contributed by atoms with Crippen molar-refractivity contribution >= 4 is 28.3 Å². The molecular formula is C13H13ClFN7O3. The molecule has 132 valence electrons. The van der Waals surface area contributed by atoms with Gasteiger partial charge in [-0.25, -0.2) is 14.1 Å². The predicted octanol–water partition coefficient (Wildman–Crippen LogP) is 2.14. The third kappa shape index (κ3) is 3.36. The molecule has 0 fully saturated rings. The molecule has 12 heteroatoms. The first kappa shape index (κ1) is 17.0. The number of nitro groups is 1. The summed E-state index contributed by atoms with van der Waals surface area (Å²) in [5.41, 5.74) is 0.961. The summed E-state index contributed by atoms with van der Waals surface area (Å²) < 4.78 is 20.8. The molecule has 1 atom stereocenters. The molecule has 3 aromatic heterocycles. The molecular weight excluding hydrogens is 357 g/mol. The van der Waals surface area contributed by atoms with Crippen LogP contribution in [0.25, 0.3) is 11.0 Å². The second-order valence-corrected chi connectivity index (χ2v) is 5.65. The fourth-order valence-corrected chi connectivity index (χ4v) is 2.47. The quantitative estimate of drug-likeness (QED) is 0.401. The van der Waals surface area contributed by atoms with E-state index in [-0.39, 0.29) is 29.1 Å². The minimum absolute atomic E-state index is 0.0305. The number of fused-ring (bicyclic) bond motifs is 1. The summed E-state index contributed by atoms with van der Waals surface area (Å²) in [5, 5.41) is 22.0. The number of rotatable bonds is 6. The maximum Gasteiger partial charge on any atom is 0.352 e. The van der Waals surface area contributed by atoms with Crippen molar-refractivity contribution in [2.45, 2.75) is 26.6 Å². The van der Waals surface area contributed by atoms with E-state index in [0.29, 0.717) is 16.7 Å². The Morgan fingerprint density at radius 1 is 1.52 bits per heavy atom. The Morgan fingerprint density at radius 3 is 3.00 bits per heavy atom.